The number of rotatable bonds is 10. The Labute approximate surface area is 150 Å². The molecule has 0 atom stereocenters. The maximum absolute atomic E-state index is 12.4. The number of amides is 1. The number of nitrogens with zero attached hydrogens (tertiary/aromatic N) is 1. The molecule has 1 rings (SSSR count). The van der Waals surface area contributed by atoms with Crippen LogP contribution in [-0.2, 0) is 16.1 Å². The van der Waals surface area contributed by atoms with E-state index >= 15 is 0 Å². The van der Waals surface area contributed by atoms with Crippen LogP contribution >= 0.6 is 12.4 Å². The fourth-order valence-electron chi connectivity index (χ4n) is 1.96. The van der Waals surface area contributed by atoms with Crippen LogP contribution in [0, 0.1) is 0 Å². The number of carbonyl (C=O) groups excluding carboxylic acids is 1. The van der Waals surface area contributed by atoms with E-state index in [9.17, 15) is 18.4 Å². The summed E-state index contributed by atoms with van der Waals surface area (Å²) in [5, 5.41) is 10.7. The fourth-order valence-corrected chi connectivity index (χ4v) is 1.96. The molecule has 1 aromatic rings. The molecule has 0 spiro atoms. The van der Waals surface area contributed by atoms with Crippen molar-refractivity contribution in [1.29, 1.82) is 0 Å². The number of hydrogen-bond donors (Lipinski definition) is 2. The van der Waals surface area contributed by atoms with Crippen molar-refractivity contribution in [3.63, 3.8) is 0 Å². The minimum Gasteiger partial charge on any atom is -0.490 e. The zero-order valence-electron chi connectivity index (χ0n) is 13.8. The van der Waals surface area contributed by atoms with Crippen molar-refractivity contribution in [2.45, 2.75) is 20.1 Å². The largest absolute Gasteiger partial charge is 0.490 e. The van der Waals surface area contributed by atoms with E-state index in [1.807, 2.05) is 0 Å². The van der Waals surface area contributed by atoms with Gasteiger partial charge in [0, 0.05) is 6.54 Å². The lowest BCUT2D eigenvalue weighted by Crippen LogP contribution is -2.37. The van der Waals surface area contributed by atoms with Crippen molar-refractivity contribution in [3.05, 3.63) is 23.8 Å². The Bertz CT molecular complexity index is 575. The number of alkyl halides is 2. The van der Waals surface area contributed by atoms with Gasteiger partial charge in [0.25, 0.3) is 0 Å². The van der Waals surface area contributed by atoms with Gasteiger partial charge in [-0.15, -0.1) is 12.4 Å². The quantitative estimate of drug-likeness (QED) is 0.641. The number of nitrogens with one attached hydrogen (secondary N) is 1. The fraction of sp³-hybridized carbons (Fsp3) is 0.467. The van der Waals surface area contributed by atoms with Gasteiger partial charge in [0.05, 0.1) is 13.2 Å². The molecule has 10 heteroatoms. The molecule has 0 aromatic heterocycles. The first-order valence-corrected chi connectivity index (χ1v) is 7.19. The van der Waals surface area contributed by atoms with Crippen LogP contribution < -0.4 is 14.8 Å². The predicted molar refractivity (Wildman–Crippen MR) is 88.5 cm³/mol. The highest BCUT2D eigenvalue weighted by atomic mass is 35.5. The summed E-state index contributed by atoms with van der Waals surface area (Å²) < 4.78 is 34.4. The Morgan fingerprint density at radius 2 is 2.00 bits per heavy atom. The van der Waals surface area contributed by atoms with Crippen molar-refractivity contribution < 1.29 is 33.0 Å². The first-order chi connectivity index (χ1) is 11.3. The number of carboxylic acid groups (broad SMARTS) is 1. The number of carboxylic acids is 1. The monoisotopic (exact) mass is 382 g/mol. The summed E-state index contributed by atoms with van der Waals surface area (Å²) in [6.07, 6.45) is 0. The lowest BCUT2D eigenvalue weighted by molar-refractivity contribution is -0.138. The van der Waals surface area contributed by atoms with E-state index in [-0.39, 0.29) is 37.1 Å². The smallest absolute Gasteiger partial charge is 0.387 e. The van der Waals surface area contributed by atoms with Gasteiger partial charge in [0.2, 0.25) is 5.91 Å². The molecule has 0 aliphatic rings. The normalized spacial score (nSPS) is 10.3. The standard InChI is InChI=1S/C15H20F2N2O5.ClH/c1-3-23-12-6-10(4-5-11(12)24-15(16)17)8-19(2)9-13(20)18-7-14(21)22;/h4-6,15H,3,7-9H2,1-2H3,(H,18,20)(H,21,22);1H. The van der Waals surface area contributed by atoms with Crippen LogP contribution in [0.3, 0.4) is 0 Å². The van der Waals surface area contributed by atoms with E-state index < -0.39 is 25.0 Å². The average Bonchev–Trinajstić information content (AvgIpc) is 2.47. The van der Waals surface area contributed by atoms with Gasteiger partial charge in [0.15, 0.2) is 11.5 Å². The van der Waals surface area contributed by atoms with Gasteiger partial charge < -0.3 is 19.9 Å². The van der Waals surface area contributed by atoms with Crippen LogP contribution in [0.5, 0.6) is 11.5 Å². The van der Waals surface area contributed by atoms with Crippen molar-refractivity contribution in [1.82, 2.24) is 10.2 Å². The molecule has 0 saturated carbocycles. The topological polar surface area (TPSA) is 88.1 Å². The van der Waals surface area contributed by atoms with E-state index in [0.717, 1.165) is 5.56 Å². The molecule has 25 heavy (non-hydrogen) atoms. The van der Waals surface area contributed by atoms with Gasteiger partial charge in [-0.3, -0.25) is 14.5 Å². The van der Waals surface area contributed by atoms with Crippen molar-refractivity contribution in [2.24, 2.45) is 0 Å². The average molecular weight is 383 g/mol. The molecule has 1 amide bonds. The molecule has 0 saturated heterocycles. The van der Waals surface area contributed by atoms with E-state index in [0.29, 0.717) is 6.54 Å². The molecule has 142 valence electrons. The number of hydrogen-bond acceptors (Lipinski definition) is 5. The number of benzene rings is 1. The molecule has 0 fully saturated rings. The van der Waals surface area contributed by atoms with Crippen molar-refractivity contribution in [3.8, 4) is 11.5 Å². The van der Waals surface area contributed by atoms with Gasteiger partial charge >= 0.3 is 12.6 Å². The van der Waals surface area contributed by atoms with E-state index in [2.05, 4.69) is 10.1 Å². The highest BCUT2D eigenvalue weighted by Gasteiger charge is 2.13. The summed E-state index contributed by atoms with van der Waals surface area (Å²) in [5.41, 5.74) is 0.730. The lowest BCUT2D eigenvalue weighted by atomic mass is 10.2. The maximum Gasteiger partial charge on any atom is 0.387 e. The minimum atomic E-state index is -2.95. The van der Waals surface area contributed by atoms with Gasteiger partial charge in [-0.1, -0.05) is 6.07 Å². The minimum absolute atomic E-state index is 0. The van der Waals surface area contributed by atoms with Crippen LogP contribution in [0.4, 0.5) is 8.78 Å². The summed E-state index contributed by atoms with van der Waals surface area (Å²) in [7, 11) is 1.67. The van der Waals surface area contributed by atoms with Gasteiger partial charge in [-0.05, 0) is 31.7 Å². The summed E-state index contributed by atoms with van der Waals surface area (Å²) in [6.45, 7) is -1.05. The molecule has 0 heterocycles. The number of halogens is 3. The van der Waals surface area contributed by atoms with Gasteiger partial charge in [-0.2, -0.15) is 8.78 Å². The van der Waals surface area contributed by atoms with E-state index in [1.165, 1.54) is 6.07 Å². The first-order valence-electron chi connectivity index (χ1n) is 7.19. The van der Waals surface area contributed by atoms with Crippen LogP contribution in [0.1, 0.15) is 12.5 Å². The molecule has 1 aromatic carbocycles. The zero-order valence-corrected chi connectivity index (χ0v) is 14.6. The SMILES string of the molecule is CCOc1cc(CN(C)CC(=O)NCC(=O)O)ccc1OC(F)F.Cl. The highest BCUT2D eigenvalue weighted by Crippen LogP contribution is 2.30. The highest BCUT2D eigenvalue weighted by molar-refractivity contribution is 5.85. The van der Waals surface area contributed by atoms with Crippen LogP contribution in [-0.4, -0.2) is 55.2 Å². The summed E-state index contributed by atoms with van der Waals surface area (Å²) in [5.74, 6) is -1.42. The van der Waals surface area contributed by atoms with Gasteiger partial charge in [0.1, 0.15) is 6.54 Å². The maximum atomic E-state index is 12.4. The Morgan fingerprint density at radius 3 is 2.56 bits per heavy atom. The second-order valence-electron chi connectivity index (χ2n) is 4.94. The number of aliphatic carboxylic acids is 1. The Hall–Kier alpha value is -2.13. The zero-order chi connectivity index (χ0) is 18.1. The van der Waals surface area contributed by atoms with Crippen LogP contribution in [0.2, 0.25) is 0 Å². The molecular weight excluding hydrogens is 362 g/mol. The Balaban J connectivity index is 0.00000576. The van der Waals surface area contributed by atoms with Crippen LogP contribution in [0.15, 0.2) is 18.2 Å². The summed E-state index contributed by atoms with van der Waals surface area (Å²) in [6, 6.07) is 4.53. The van der Waals surface area contributed by atoms with Crippen molar-refractivity contribution >= 4 is 24.3 Å². The third-order valence-electron chi connectivity index (χ3n) is 2.83. The molecule has 2 N–H and O–H groups in total. The molecule has 0 aliphatic heterocycles. The Morgan fingerprint density at radius 1 is 1.32 bits per heavy atom. The molecule has 0 radical (unpaired) electrons. The van der Waals surface area contributed by atoms with Crippen molar-refractivity contribution in [2.75, 3.05) is 26.7 Å². The summed E-state index contributed by atoms with van der Waals surface area (Å²) >= 11 is 0. The summed E-state index contributed by atoms with van der Waals surface area (Å²) in [4.78, 5) is 23.6. The van der Waals surface area contributed by atoms with Crippen LogP contribution in [0.25, 0.3) is 0 Å². The lowest BCUT2D eigenvalue weighted by Gasteiger charge is -2.18. The van der Waals surface area contributed by atoms with E-state index in [4.69, 9.17) is 9.84 Å². The van der Waals surface area contributed by atoms with Gasteiger partial charge in [-0.25, -0.2) is 0 Å². The molecule has 0 bridgehead atoms. The number of likely N-dealkylation sites (N-methyl/N-ethyl adjacent to an activating group) is 1. The second kappa shape index (κ2) is 11.4. The molecule has 0 aliphatic carbocycles. The molecular formula is C15H21ClF2N2O5. The molecule has 7 nitrogen and oxygen atoms in total. The predicted octanol–water partition coefficient (Wildman–Crippen LogP) is 1.74. The molecule has 0 unspecified atom stereocenters. The Kier molecular flexibility index (Phi) is 10.5. The van der Waals surface area contributed by atoms with E-state index in [1.54, 1.807) is 31.0 Å². The number of carbonyl (C=O) groups is 2. The third-order valence-corrected chi connectivity index (χ3v) is 2.83. The second-order valence-corrected chi connectivity index (χ2v) is 4.94. The number of ether oxygens (including phenoxy) is 2. The first kappa shape index (κ1) is 22.9. The third kappa shape index (κ3) is 9.06.